The first kappa shape index (κ1) is 15.2. The maximum Gasteiger partial charge on any atom is 0.248 e. The summed E-state index contributed by atoms with van der Waals surface area (Å²) in [4.78, 5) is 11.6. The predicted octanol–water partition coefficient (Wildman–Crippen LogP) is 3.31. The highest BCUT2D eigenvalue weighted by molar-refractivity contribution is 5.94. The van der Waals surface area contributed by atoms with E-state index in [0.29, 0.717) is 23.3 Å². The number of hydrogen-bond acceptors (Lipinski definition) is 2. The SMILES string of the molecule is Cc1cc2c(cc1C(N)=O)CCC1C2CC[C@@]2(C)C1CC[C@@H]2O. The molecule has 2 saturated carbocycles. The third-order valence-corrected chi connectivity index (χ3v) is 7.29. The molecule has 2 fully saturated rings. The minimum absolute atomic E-state index is 0.117. The molecule has 1 aromatic carbocycles. The number of aryl methyl sites for hydroxylation is 2. The number of carbonyl (C=O) groups is 1. The van der Waals surface area contributed by atoms with Gasteiger partial charge in [0.2, 0.25) is 5.91 Å². The van der Waals surface area contributed by atoms with Crippen LogP contribution in [0.5, 0.6) is 0 Å². The van der Waals surface area contributed by atoms with Gasteiger partial charge >= 0.3 is 0 Å². The Morgan fingerprint density at radius 2 is 2.04 bits per heavy atom. The fourth-order valence-corrected chi connectivity index (χ4v) is 5.97. The Bertz CT molecular complexity index is 668. The standard InChI is InChI=1S/C20H27NO2/c1-11-9-16-12(10-15(11)19(21)23)3-4-14-13(16)7-8-20(2)17(14)5-6-18(20)22/h9-10,13-14,17-18,22H,3-8H2,1-2H3,(H2,21,23)/t13?,14?,17?,18-,20-/m0/s1. The van der Waals surface area contributed by atoms with Gasteiger partial charge in [0.15, 0.2) is 0 Å². The lowest BCUT2D eigenvalue weighted by Crippen LogP contribution is -2.44. The fraction of sp³-hybridized carbons (Fsp3) is 0.650. The molecule has 23 heavy (non-hydrogen) atoms. The summed E-state index contributed by atoms with van der Waals surface area (Å²) in [5.74, 6) is 1.63. The zero-order valence-corrected chi connectivity index (χ0v) is 14.1. The maximum atomic E-state index is 11.6. The number of rotatable bonds is 1. The second-order valence-corrected chi connectivity index (χ2v) is 8.28. The Morgan fingerprint density at radius 3 is 2.78 bits per heavy atom. The summed E-state index contributed by atoms with van der Waals surface area (Å²) in [6.07, 6.45) is 6.54. The molecule has 3 aliphatic rings. The predicted molar refractivity (Wildman–Crippen MR) is 90.3 cm³/mol. The van der Waals surface area contributed by atoms with Gasteiger partial charge in [-0.1, -0.05) is 13.0 Å². The first-order chi connectivity index (χ1) is 10.9. The summed E-state index contributed by atoms with van der Waals surface area (Å²) in [6, 6.07) is 4.26. The molecule has 0 bridgehead atoms. The Balaban J connectivity index is 1.72. The van der Waals surface area contributed by atoms with Gasteiger partial charge in [-0.05, 0) is 91.4 Å². The highest BCUT2D eigenvalue weighted by Crippen LogP contribution is 2.60. The molecular formula is C20H27NO2. The molecule has 0 aromatic heterocycles. The second kappa shape index (κ2) is 5.07. The van der Waals surface area contributed by atoms with Crippen molar-refractivity contribution in [3.05, 3.63) is 34.4 Å². The number of carbonyl (C=O) groups excluding carboxylic acids is 1. The van der Waals surface area contributed by atoms with Crippen molar-refractivity contribution in [1.29, 1.82) is 0 Å². The first-order valence-electron chi connectivity index (χ1n) is 9.03. The van der Waals surface area contributed by atoms with Crippen LogP contribution in [0.3, 0.4) is 0 Å². The third kappa shape index (κ3) is 2.09. The van der Waals surface area contributed by atoms with E-state index in [1.807, 2.05) is 13.0 Å². The van der Waals surface area contributed by atoms with Gasteiger partial charge < -0.3 is 10.8 Å². The zero-order chi connectivity index (χ0) is 16.4. The summed E-state index contributed by atoms with van der Waals surface area (Å²) < 4.78 is 0. The van der Waals surface area contributed by atoms with E-state index in [-0.39, 0.29) is 17.4 Å². The molecule has 0 radical (unpaired) electrons. The number of aliphatic hydroxyl groups excluding tert-OH is 1. The van der Waals surface area contributed by atoms with E-state index in [0.717, 1.165) is 31.2 Å². The van der Waals surface area contributed by atoms with E-state index in [1.54, 1.807) is 0 Å². The van der Waals surface area contributed by atoms with Gasteiger partial charge in [-0.25, -0.2) is 0 Å². The fourth-order valence-electron chi connectivity index (χ4n) is 5.97. The Morgan fingerprint density at radius 1 is 1.26 bits per heavy atom. The monoisotopic (exact) mass is 313 g/mol. The van der Waals surface area contributed by atoms with Gasteiger partial charge in [0.25, 0.3) is 0 Å². The van der Waals surface area contributed by atoms with Gasteiger partial charge in [0, 0.05) is 5.56 Å². The lowest BCUT2D eigenvalue weighted by Gasteiger charge is -2.50. The molecule has 3 nitrogen and oxygen atoms in total. The molecule has 0 saturated heterocycles. The molecular weight excluding hydrogens is 286 g/mol. The van der Waals surface area contributed by atoms with Gasteiger partial charge in [0.05, 0.1) is 6.10 Å². The summed E-state index contributed by atoms with van der Waals surface area (Å²) in [5.41, 5.74) is 10.1. The number of nitrogens with two attached hydrogens (primary N) is 1. The van der Waals surface area contributed by atoms with Crippen LogP contribution in [-0.2, 0) is 6.42 Å². The minimum Gasteiger partial charge on any atom is -0.393 e. The Kier molecular flexibility index (Phi) is 3.35. The van der Waals surface area contributed by atoms with Crippen molar-refractivity contribution in [2.75, 3.05) is 0 Å². The van der Waals surface area contributed by atoms with E-state index in [1.165, 1.54) is 24.0 Å². The molecule has 3 aliphatic carbocycles. The summed E-state index contributed by atoms with van der Waals surface area (Å²) in [5, 5.41) is 10.5. The van der Waals surface area contributed by atoms with Crippen molar-refractivity contribution in [1.82, 2.24) is 0 Å². The lowest BCUT2D eigenvalue weighted by atomic mass is 9.55. The number of benzene rings is 1. The summed E-state index contributed by atoms with van der Waals surface area (Å²) >= 11 is 0. The minimum atomic E-state index is -0.317. The van der Waals surface area contributed by atoms with E-state index in [9.17, 15) is 9.90 Å². The van der Waals surface area contributed by atoms with Crippen LogP contribution in [0, 0.1) is 24.2 Å². The van der Waals surface area contributed by atoms with Gasteiger partial charge in [0.1, 0.15) is 0 Å². The van der Waals surface area contributed by atoms with Crippen LogP contribution >= 0.6 is 0 Å². The molecule has 3 heteroatoms. The van der Waals surface area contributed by atoms with Crippen molar-refractivity contribution < 1.29 is 9.90 Å². The highest BCUT2D eigenvalue weighted by atomic mass is 16.3. The van der Waals surface area contributed by atoms with E-state index < -0.39 is 0 Å². The van der Waals surface area contributed by atoms with Crippen molar-refractivity contribution in [3.8, 4) is 0 Å². The zero-order valence-electron chi connectivity index (χ0n) is 14.1. The third-order valence-electron chi connectivity index (χ3n) is 7.29. The van der Waals surface area contributed by atoms with Gasteiger partial charge in [-0.2, -0.15) is 0 Å². The van der Waals surface area contributed by atoms with Crippen LogP contribution < -0.4 is 5.73 Å². The lowest BCUT2D eigenvalue weighted by molar-refractivity contribution is -0.0226. The average Bonchev–Trinajstić information content (AvgIpc) is 2.82. The van der Waals surface area contributed by atoms with Crippen molar-refractivity contribution in [3.63, 3.8) is 0 Å². The van der Waals surface area contributed by atoms with Crippen LogP contribution in [0.4, 0.5) is 0 Å². The Labute approximate surface area is 138 Å². The van der Waals surface area contributed by atoms with E-state index in [4.69, 9.17) is 5.73 Å². The summed E-state index contributed by atoms with van der Waals surface area (Å²) in [6.45, 7) is 4.30. The maximum absolute atomic E-state index is 11.6. The van der Waals surface area contributed by atoms with Crippen molar-refractivity contribution in [2.24, 2.45) is 23.0 Å². The number of aliphatic hydroxyl groups is 1. The van der Waals surface area contributed by atoms with Crippen LogP contribution in [0.25, 0.3) is 0 Å². The molecule has 3 N–H and O–H groups in total. The van der Waals surface area contributed by atoms with E-state index >= 15 is 0 Å². The Hall–Kier alpha value is -1.35. The van der Waals surface area contributed by atoms with Gasteiger partial charge in [-0.3, -0.25) is 4.79 Å². The highest BCUT2D eigenvalue weighted by Gasteiger charge is 2.54. The largest absolute Gasteiger partial charge is 0.393 e. The van der Waals surface area contributed by atoms with E-state index in [2.05, 4.69) is 13.0 Å². The molecule has 0 heterocycles. The molecule has 124 valence electrons. The number of fused-ring (bicyclic) bond motifs is 5. The number of amides is 1. The number of primary amides is 1. The van der Waals surface area contributed by atoms with Crippen LogP contribution in [-0.4, -0.2) is 17.1 Å². The smallest absolute Gasteiger partial charge is 0.248 e. The van der Waals surface area contributed by atoms with Crippen LogP contribution in [0.1, 0.15) is 72.0 Å². The molecule has 1 aromatic rings. The topological polar surface area (TPSA) is 63.3 Å². The molecule has 3 unspecified atom stereocenters. The molecule has 0 spiro atoms. The second-order valence-electron chi connectivity index (χ2n) is 8.28. The van der Waals surface area contributed by atoms with Crippen molar-refractivity contribution in [2.45, 2.75) is 64.4 Å². The molecule has 4 rings (SSSR count). The molecule has 1 amide bonds. The molecule has 0 aliphatic heterocycles. The average molecular weight is 313 g/mol. The van der Waals surface area contributed by atoms with Crippen LogP contribution in [0.15, 0.2) is 12.1 Å². The summed E-state index contributed by atoms with van der Waals surface area (Å²) in [7, 11) is 0. The normalized spacial score (nSPS) is 38.6. The van der Waals surface area contributed by atoms with Crippen LogP contribution in [0.2, 0.25) is 0 Å². The van der Waals surface area contributed by atoms with Gasteiger partial charge in [-0.15, -0.1) is 0 Å². The first-order valence-corrected chi connectivity index (χ1v) is 9.03. The number of hydrogen-bond donors (Lipinski definition) is 2. The van der Waals surface area contributed by atoms with Crippen molar-refractivity contribution >= 4 is 5.91 Å². The molecule has 5 atom stereocenters. The quantitative estimate of drug-likeness (QED) is 0.835.